The highest BCUT2D eigenvalue weighted by Crippen LogP contribution is 2.35. The SMILES string of the molecule is Cc1cc([C@@H](C)OC[C@@]2(c3ccccc3)CC[C@H](Nc3ncccc3C#N)CN2)cc(C(F)(F)F)c1. The second-order valence-electron chi connectivity index (χ2n) is 9.30. The molecule has 1 aliphatic heterocycles. The van der Waals surface area contributed by atoms with Crippen molar-refractivity contribution in [2.45, 2.75) is 50.6 Å². The summed E-state index contributed by atoms with van der Waals surface area (Å²) in [6.07, 6.45) is -1.74. The Labute approximate surface area is 209 Å². The summed E-state index contributed by atoms with van der Waals surface area (Å²) in [7, 11) is 0. The van der Waals surface area contributed by atoms with Crippen LogP contribution in [-0.2, 0) is 16.5 Å². The summed E-state index contributed by atoms with van der Waals surface area (Å²) < 4.78 is 46.2. The van der Waals surface area contributed by atoms with Gasteiger partial charge in [0.1, 0.15) is 11.9 Å². The van der Waals surface area contributed by atoms with E-state index in [-0.39, 0.29) is 6.04 Å². The van der Waals surface area contributed by atoms with Crippen molar-refractivity contribution >= 4 is 5.82 Å². The number of halogens is 3. The number of nitrogens with one attached hydrogen (secondary N) is 2. The lowest BCUT2D eigenvalue weighted by Gasteiger charge is -2.42. The first kappa shape index (κ1) is 25.7. The molecule has 2 aromatic carbocycles. The third kappa shape index (κ3) is 5.86. The normalized spacial score (nSPS) is 20.9. The summed E-state index contributed by atoms with van der Waals surface area (Å²) in [5.74, 6) is 0.559. The number of nitriles is 1. The lowest BCUT2D eigenvalue weighted by atomic mass is 9.81. The molecule has 0 spiro atoms. The number of hydrogen-bond acceptors (Lipinski definition) is 5. The second kappa shape index (κ2) is 10.7. The van der Waals surface area contributed by atoms with Crippen LogP contribution in [0.1, 0.15) is 53.7 Å². The van der Waals surface area contributed by atoms with Crippen LogP contribution in [0.3, 0.4) is 0 Å². The minimum absolute atomic E-state index is 0.0624. The van der Waals surface area contributed by atoms with Crippen molar-refractivity contribution in [2.24, 2.45) is 0 Å². The number of aryl methyl sites for hydroxylation is 1. The van der Waals surface area contributed by atoms with E-state index in [2.05, 4.69) is 21.7 Å². The largest absolute Gasteiger partial charge is 0.416 e. The molecule has 1 saturated heterocycles. The molecule has 2 heterocycles. The Hall–Kier alpha value is -3.41. The Morgan fingerprint density at radius 1 is 1.19 bits per heavy atom. The van der Waals surface area contributed by atoms with E-state index in [1.165, 1.54) is 6.07 Å². The Balaban J connectivity index is 1.49. The fraction of sp³-hybridized carbons (Fsp3) is 0.357. The van der Waals surface area contributed by atoms with Gasteiger partial charge in [-0.3, -0.25) is 0 Å². The lowest BCUT2D eigenvalue weighted by Crippen LogP contribution is -2.55. The second-order valence-corrected chi connectivity index (χ2v) is 9.30. The molecule has 0 saturated carbocycles. The summed E-state index contributed by atoms with van der Waals surface area (Å²) in [6.45, 7) is 4.35. The zero-order chi connectivity index (χ0) is 25.8. The molecule has 1 aromatic heterocycles. The highest BCUT2D eigenvalue weighted by atomic mass is 19.4. The standard InChI is InChI=1S/C28H29F3N4O/c1-19-13-22(15-24(14-19)28(29,30)31)20(2)36-18-27(23-8-4-3-5-9-23)11-10-25(17-34-27)35-26-21(16-32)7-6-12-33-26/h3-9,12-15,20,25,34H,10-11,17-18H2,1-2H3,(H,33,35)/t20-,25+,27-/m1/s1. The summed E-state index contributed by atoms with van der Waals surface area (Å²) in [5.41, 5.74) is 1.44. The Morgan fingerprint density at radius 3 is 2.64 bits per heavy atom. The van der Waals surface area contributed by atoms with E-state index < -0.39 is 23.4 Å². The van der Waals surface area contributed by atoms with Crippen molar-refractivity contribution in [3.05, 3.63) is 94.7 Å². The van der Waals surface area contributed by atoms with Crippen molar-refractivity contribution in [3.8, 4) is 6.07 Å². The van der Waals surface area contributed by atoms with E-state index in [4.69, 9.17) is 4.74 Å². The molecule has 0 aliphatic carbocycles. The molecule has 8 heteroatoms. The van der Waals surface area contributed by atoms with Crippen LogP contribution in [0, 0.1) is 18.3 Å². The molecule has 0 bridgehead atoms. The predicted molar refractivity (Wildman–Crippen MR) is 132 cm³/mol. The van der Waals surface area contributed by atoms with Crippen molar-refractivity contribution in [1.29, 1.82) is 5.26 Å². The molecule has 5 nitrogen and oxygen atoms in total. The maximum absolute atomic E-state index is 13.3. The first-order valence-electron chi connectivity index (χ1n) is 11.9. The highest BCUT2D eigenvalue weighted by molar-refractivity contribution is 5.52. The summed E-state index contributed by atoms with van der Waals surface area (Å²) in [5, 5.41) is 16.3. The summed E-state index contributed by atoms with van der Waals surface area (Å²) >= 11 is 0. The average molecular weight is 495 g/mol. The van der Waals surface area contributed by atoms with E-state index in [1.54, 1.807) is 38.2 Å². The number of nitrogens with zero attached hydrogens (tertiary/aromatic N) is 2. The van der Waals surface area contributed by atoms with Crippen LogP contribution in [0.15, 0.2) is 66.9 Å². The van der Waals surface area contributed by atoms with E-state index in [0.29, 0.717) is 35.7 Å². The summed E-state index contributed by atoms with van der Waals surface area (Å²) in [4.78, 5) is 4.30. The van der Waals surface area contributed by atoms with Gasteiger partial charge in [0.2, 0.25) is 0 Å². The average Bonchev–Trinajstić information content (AvgIpc) is 2.88. The van der Waals surface area contributed by atoms with Crippen molar-refractivity contribution < 1.29 is 17.9 Å². The number of anilines is 1. The van der Waals surface area contributed by atoms with Crippen LogP contribution >= 0.6 is 0 Å². The van der Waals surface area contributed by atoms with Crippen LogP contribution in [-0.4, -0.2) is 24.2 Å². The number of aromatic nitrogens is 1. The fourth-order valence-electron chi connectivity index (χ4n) is 4.64. The number of alkyl halides is 3. The zero-order valence-electron chi connectivity index (χ0n) is 20.3. The van der Waals surface area contributed by atoms with Crippen molar-refractivity contribution in [1.82, 2.24) is 10.3 Å². The van der Waals surface area contributed by atoms with Crippen LogP contribution in [0.2, 0.25) is 0 Å². The van der Waals surface area contributed by atoms with Crippen LogP contribution in [0.4, 0.5) is 19.0 Å². The number of benzene rings is 2. The van der Waals surface area contributed by atoms with Gasteiger partial charge in [-0.1, -0.05) is 42.0 Å². The van der Waals surface area contributed by atoms with E-state index in [1.807, 2.05) is 30.3 Å². The van der Waals surface area contributed by atoms with Gasteiger partial charge in [-0.25, -0.2) is 4.98 Å². The first-order valence-corrected chi connectivity index (χ1v) is 11.9. The monoisotopic (exact) mass is 494 g/mol. The third-order valence-corrected chi connectivity index (χ3v) is 6.68. The molecule has 36 heavy (non-hydrogen) atoms. The first-order chi connectivity index (χ1) is 17.2. The van der Waals surface area contributed by atoms with E-state index in [9.17, 15) is 18.4 Å². The molecular formula is C28H29F3N4O. The summed E-state index contributed by atoms with van der Waals surface area (Å²) in [6, 6.07) is 19.7. The van der Waals surface area contributed by atoms with Gasteiger partial charge in [-0.2, -0.15) is 18.4 Å². The Bertz CT molecular complexity index is 1220. The molecule has 1 aliphatic rings. The minimum atomic E-state index is -4.41. The van der Waals surface area contributed by atoms with Crippen LogP contribution in [0.5, 0.6) is 0 Å². The Morgan fingerprint density at radius 2 is 1.97 bits per heavy atom. The number of pyridine rings is 1. The van der Waals surface area contributed by atoms with Crippen LogP contribution < -0.4 is 10.6 Å². The molecule has 0 amide bonds. The van der Waals surface area contributed by atoms with Crippen LogP contribution in [0.25, 0.3) is 0 Å². The van der Waals surface area contributed by atoms with Gasteiger partial charge < -0.3 is 15.4 Å². The number of rotatable bonds is 7. The molecule has 188 valence electrons. The van der Waals surface area contributed by atoms with Gasteiger partial charge in [-0.05, 0) is 62.1 Å². The molecule has 0 radical (unpaired) electrons. The van der Waals surface area contributed by atoms with Gasteiger partial charge in [-0.15, -0.1) is 0 Å². The third-order valence-electron chi connectivity index (χ3n) is 6.68. The topological polar surface area (TPSA) is 70.0 Å². The fourth-order valence-corrected chi connectivity index (χ4v) is 4.64. The van der Waals surface area contributed by atoms with Crippen molar-refractivity contribution in [2.75, 3.05) is 18.5 Å². The molecular weight excluding hydrogens is 465 g/mol. The molecule has 3 atom stereocenters. The molecule has 0 unspecified atom stereocenters. The lowest BCUT2D eigenvalue weighted by molar-refractivity contribution is -0.137. The maximum Gasteiger partial charge on any atom is 0.416 e. The number of ether oxygens (including phenoxy) is 1. The quantitative estimate of drug-likeness (QED) is 0.414. The predicted octanol–water partition coefficient (Wildman–Crippen LogP) is 6.12. The molecule has 3 aromatic rings. The van der Waals surface area contributed by atoms with E-state index in [0.717, 1.165) is 24.5 Å². The zero-order valence-corrected chi connectivity index (χ0v) is 20.3. The molecule has 2 N–H and O–H groups in total. The minimum Gasteiger partial charge on any atom is -0.372 e. The van der Waals surface area contributed by atoms with Gasteiger partial charge >= 0.3 is 6.18 Å². The van der Waals surface area contributed by atoms with Gasteiger partial charge in [0.05, 0.1) is 29.4 Å². The smallest absolute Gasteiger partial charge is 0.372 e. The van der Waals surface area contributed by atoms with Gasteiger partial charge in [0.25, 0.3) is 0 Å². The number of piperidine rings is 1. The van der Waals surface area contributed by atoms with Crippen molar-refractivity contribution in [3.63, 3.8) is 0 Å². The van der Waals surface area contributed by atoms with E-state index >= 15 is 0 Å². The molecule has 1 fully saturated rings. The highest BCUT2D eigenvalue weighted by Gasteiger charge is 2.38. The Kier molecular flexibility index (Phi) is 7.62. The van der Waals surface area contributed by atoms with Gasteiger partial charge in [0, 0.05) is 18.8 Å². The molecule has 4 rings (SSSR count). The number of hydrogen-bond donors (Lipinski definition) is 2. The van der Waals surface area contributed by atoms with Gasteiger partial charge in [0.15, 0.2) is 0 Å². The maximum atomic E-state index is 13.3.